The topological polar surface area (TPSA) is 119 Å². The first kappa shape index (κ1) is 17.0. The number of esters is 2. The van der Waals surface area contributed by atoms with Crippen LogP contribution < -0.4 is 0 Å². The van der Waals surface area contributed by atoms with Gasteiger partial charge in [0.15, 0.2) is 6.10 Å². The molecule has 2 spiro atoms. The lowest BCUT2D eigenvalue weighted by Crippen LogP contribution is -2.72. The predicted molar refractivity (Wildman–Crippen MR) is 89.5 cm³/mol. The van der Waals surface area contributed by atoms with Gasteiger partial charge < -0.3 is 28.8 Å². The second-order valence-corrected chi connectivity index (χ2v) is 9.07. The smallest absolute Gasteiger partial charge is 0.341 e. The standard InChI is InChI=1S/C20H22O8/c1-9-5-14(21)19-8-26-17(23)20(19,24)15-11(27-15)6-13(19)18(9)7-12(28-16(18)22)10-3-2-4-25-10/h2-4,9,11-15,21,24H,5-8H2,1H3/t9-,11+,12+,13-,14-,15+,18-,19+,20-/m1/s1. The van der Waals surface area contributed by atoms with Gasteiger partial charge in [-0.3, -0.25) is 4.79 Å². The molecule has 3 saturated heterocycles. The molecular weight excluding hydrogens is 368 g/mol. The Bertz CT molecular complexity index is 866. The highest BCUT2D eigenvalue weighted by molar-refractivity contribution is 5.87. The van der Waals surface area contributed by atoms with Gasteiger partial charge in [0.05, 0.1) is 29.3 Å². The average Bonchev–Trinajstić information content (AvgIpc) is 3.01. The quantitative estimate of drug-likeness (QED) is 0.532. The van der Waals surface area contributed by atoms with E-state index in [2.05, 4.69) is 0 Å². The third-order valence-corrected chi connectivity index (χ3v) is 8.23. The number of ether oxygens (including phenoxy) is 3. The van der Waals surface area contributed by atoms with Crippen LogP contribution in [-0.4, -0.2) is 52.7 Å². The molecule has 2 N–H and O–H groups in total. The number of epoxide rings is 1. The van der Waals surface area contributed by atoms with Gasteiger partial charge in [0.25, 0.3) is 0 Å². The highest BCUT2D eigenvalue weighted by Gasteiger charge is 2.85. The highest BCUT2D eigenvalue weighted by Crippen LogP contribution is 2.71. The summed E-state index contributed by atoms with van der Waals surface area (Å²) in [6, 6.07) is 3.52. The summed E-state index contributed by atoms with van der Waals surface area (Å²) in [5.74, 6) is -1.24. The third-order valence-electron chi connectivity index (χ3n) is 8.23. The Labute approximate surface area is 160 Å². The maximum absolute atomic E-state index is 13.3. The van der Waals surface area contributed by atoms with Gasteiger partial charge in [-0.1, -0.05) is 6.92 Å². The van der Waals surface area contributed by atoms with Crippen LogP contribution in [-0.2, 0) is 23.8 Å². The van der Waals surface area contributed by atoms with Crippen LogP contribution in [0.5, 0.6) is 0 Å². The van der Waals surface area contributed by atoms with Crippen molar-refractivity contribution < 1.29 is 38.4 Å². The van der Waals surface area contributed by atoms with E-state index < -0.39 is 46.6 Å². The number of aliphatic hydroxyl groups excluding tert-OH is 1. The van der Waals surface area contributed by atoms with E-state index in [1.165, 1.54) is 6.26 Å². The minimum atomic E-state index is -1.93. The molecule has 1 aromatic rings. The molecule has 28 heavy (non-hydrogen) atoms. The van der Waals surface area contributed by atoms with Gasteiger partial charge >= 0.3 is 11.9 Å². The Morgan fingerprint density at radius 1 is 1.21 bits per heavy atom. The summed E-state index contributed by atoms with van der Waals surface area (Å²) in [7, 11) is 0. The van der Waals surface area contributed by atoms with Crippen molar-refractivity contribution >= 4 is 11.9 Å². The maximum atomic E-state index is 13.3. The van der Waals surface area contributed by atoms with Gasteiger partial charge in [0.1, 0.15) is 18.5 Å². The number of furan rings is 1. The van der Waals surface area contributed by atoms with Crippen LogP contribution >= 0.6 is 0 Å². The van der Waals surface area contributed by atoms with E-state index in [0.29, 0.717) is 18.6 Å². The summed E-state index contributed by atoms with van der Waals surface area (Å²) < 4.78 is 22.2. The van der Waals surface area contributed by atoms with E-state index in [0.717, 1.165) is 0 Å². The monoisotopic (exact) mass is 390 g/mol. The van der Waals surface area contributed by atoms with Gasteiger partial charge in [0.2, 0.25) is 5.60 Å². The van der Waals surface area contributed by atoms with Crippen LogP contribution in [0.15, 0.2) is 22.8 Å². The van der Waals surface area contributed by atoms with Crippen molar-refractivity contribution in [1.29, 1.82) is 0 Å². The first-order valence-electron chi connectivity index (χ1n) is 9.83. The summed E-state index contributed by atoms with van der Waals surface area (Å²) >= 11 is 0. The Morgan fingerprint density at radius 2 is 2.04 bits per heavy atom. The Hall–Kier alpha value is -1.90. The first-order chi connectivity index (χ1) is 13.4. The van der Waals surface area contributed by atoms with Crippen LogP contribution in [0.3, 0.4) is 0 Å². The zero-order valence-corrected chi connectivity index (χ0v) is 15.4. The van der Waals surface area contributed by atoms with Gasteiger partial charge in [-0.2, -0.15) is 0 Å². The minimum Gasteiger partial charge on any atom is -0.465 e. The van der Waals surface area contributed by atoms with E-state index >= 15 is 0 Å². The molecular formula is C20H22O8. The lowest BCUT2D eigenvalue weighted by atomic mass is 9.42. The molecule has 5 aliphatic rings. The highest BCUT2D eigenvalue weighted by atomic mass is 16.6. The Kier molecular flexibility index (Phi) is 3.02. The van der Waals surface area contributed by atoms with E-state index in [1.54, 1.807) is 12.1 Å². The molecule has 150 valence electrons. The average molecular weight is 390 g/mol. The van der Waals surface area contributed by atoms with Crippen molar-refractivity contribution in [2.75, 3.05) is 6.61 Å². The number of fused-ring (bicyclic) bond motifs is 3. The van der Waals surface area contributed by atoms with E-state index in [1.807, 2.05) is 6.92 Å². The fourth-order valence-electron chi connectivity index (χ4n) is 6.82. The second kappa shape index (κ2) is 4.98. The predicted octanol–water partition coefficient (Wildman–Crippen LogP) is 0.716. The molecule has 0 radical (unpaired) electrons. The molecule has 0 amide bonds. The fraction of sp³-hybridized carbons (Fsp3) is 0.700. The van der Waals surface area contributed by atoms with Crippen LogP contribution in [0.2, 0.25) is 0 Å². The van der Waals surface area contributed by atoms with Gasteiger partial charge in [-0.25, -0.2) is 4.79 Å². The summed E-state index contributed by atoms with van der Waals surface area (Å²) in [5.41, 5.74) is -4.16. The van der Waals surface area contributed by atoms with Gasteiger partial charge in [-0.15, -0.1) is 0 Å². The molecule has 3 aliphatic heterocycles. The zero-order chi connectivity index (χ0) is 19.5. The van der Waals surface area contributed by atoms with Crippen molar-refractivity contribution in [1.82, 2.24) is 0 Å². The second-order valence-electron chi connectivity index (χ2n) is 9.07. The largest absolute Gasteiger partial charge is 0.465 e. The normalized spacial score (nSPS) is 54.0. The Balaban J connectivity index is 1.51. The van der Waals surface area contributed by atoms with Crippen LogP contribution in [0.25, 0.3) is 0 Å². The summed E-state index contributed by atoms with van der Waals surface area (Å²) in [4.78, 5) is 25.9. The van der Waals surface area contributed by atoms with Crippen molar-refractivity contribution in [3.63, 3.8) is 0 Å². The minimum absolute atomic E-state index is 0.117. The molecule has 0 unspecified atom stereocenters. The first-order valence-corrected chi connectivity index (χ1v) is 9.83. The van der Waals surface area contributed by atoms with Crippen LogP contribution in [0.4, 0.5) is 0 Å². The lowest BCUT2D eigenvalue weighted by molar-refractivity contribution is -0.226. The molecule has 4 heterocycles. The summed E-state index contributed by atoms with van der Waals surface area (Å²) in [6.45, 7) is 1.81. The number of carbonyl (C=O) groups excluding carboxylic acids is 2. The van der Waals surface area contributed by atoms with E-state index in [4.69, 9.17) is 18.6 Å². The maximum Gasteiger partial charge on any atom is 0.341 e. The SMILES string of the molecule is C[C@@H]1C[C@@H](O)[C@@]23COC(=O)[C@]2(O)[C@H]2O[C@H]2C[C@@H]3[C@@]12C[C@@H](c1ccco1)OC2=O. The van der Waals surface area contributed by atoms with Crippen LogP contribution in [0, 0.1) is 22.7 Å². The van der Waals surface area contributed by atoms with E-state index in [9.17, 15) is 19.8 Å². The molecule has 9 atom stereocenters. The molecule has 0 bridgehead atoms. The molecule has 5 fully saturated rings. The number of cyclic esters (lactones) is 2. The number of carbonyl (C=O) groups is 2. The van der Waals surface area contributed by atoms with E-state index in [-0.39, 0.29) is 31.0 Å². The lowest BCUT2D eigenvalue weighted by Gasteiger charge is -2.59. The molecule has 2 saturated carbocycles. The van der Waals surface area contributed by atoms with Crippen molar-refractivity contribution in [3.05, 3.63) is 24.2 Å². The number of aliphatic hydroxyl groups is 2. The number of hydrogen-bond donors (Lipinski definition) is 2. The van der Waals surface area contributed by atoms with Gasteiger partial charge in [-0.05, 0) is 36.8 Å². The number of hydrogen-bond acceptors (Lipinski definition) is 8. The third kappa shape index (κ3) is 1.62. The zero-order valence-electron chi connectivity index (χ0n) is 15.4. The van der Waals surface area contributed by atoms with Crippen LogP contribution in [0.1, 0.15) is 38.1 Å². The summed E-state index contributed by atoms with van der Waals surface area (Å²) in [6.07, 6.45) is 0.154. The Morgan fingerprint density at radius 3 is 2.79 bits per heavy atom. The van der Waals surface area contributed by atoms with Crippen molar-refractivity contribution in [2.24, 2.45) is 22.7 Å². The van der Waals surface area contributed by atoms with Crippen molar-refractivity contribution in [3.8, 4) is 0 Å². The molecule has 0 aromatic carbocycles. The fourth-order valence-corrected chi connectivity index (χ4v) is 6.82. The molecule has 2 aliphatic carbocycles. The molecule has 1 aromatic heterocycles. The van der Waals surface area contributed by atoms with Crippen molar-refractivity contribution in [2.45, 2.75) is 56.2 Å². The molecule has 8 heteroatoms. The number of rotatable bonds is 1. The molecule has 8 nitrogen and oxygen atoms in total. The molecule has 6 rings (SSSR count). The van der Waals surface area contributed by atoms with Gasteiger partial charge in [0, 0.05) is 6.42 Å². The summed E-state index contributed by atoms with van der Waals surface area (Å²) in [5, 5.41) is 22.6.